The highest BCUT2D eigenvalue weighted by atomic mass is 35.5. The first kappa shape index (κ1) is 19.4. The molecule has 0 saturated heterocycles. The number of thiazole rings is 1. The van der Waals surface area contributed by atoms with Crippen molar-refractivity contribution in [3.63, 3.8) is 0 Å². The lowest BCUT2D eigenvalue weighted by molar-refractivity contribution is -0.120. The molecule has 4 nitrogen and oxygen atoms in total. The minimum atomic E-state index is -0.510. The molecule has 0 atom stereocenters. The fourth-order valence-corrected chi connectivity index (χ4v) is 4.07. The Morgan fingerprint density at radius 2 is 1.83 bits per heavy atom. The fraction of sp³-hybridized carbons (Fsp3) is 0.0909. The zero-order valence-corrected chi connectivity index (χ0v) is 16.8. The molecule has 0 spiro atoms. The Morgan fingerprint density at radius 3 is 2.62 bits per heavy atom. The fourth-order valence-electron chi connectivity index (χ4n) is 2.81. The van der Waals surface area contributed by atoms with Gasteiger partial charge in [0.15, 0.2) is 23.3 Å². The van der Waals surface area contributed by atoms with Gasteiger partial charge in [0.1, 0.15) is 0 Å². The standard InChI is InChI=1S/C22H16ClFN2O2S/c23-16-10-11-18-20(12-16)29-22(25-18)26(13-15-6-2-1-3-7-15)21(27)14-28-19-9-5-4-8-17(19)24/h1-12H,13-14H2. The molecule has 0 fully saturated rings. The van der Waals surface area contributed by atoms with Gasteiger partial charge in [-0.2, -0.15) is 0 Å². The van der Waals surface area contributed by atoms with Crippen molar-refractivity contribution >= 4 is 44.2 Å². The highest BCUT2D eigenvalue weighted by Crippen LogP contribution is 2.31. The van der Waals surface area contributed by atoms with Crippen LogP contribution in [0.15, 0.2) is 72.8 Å². The van der Waals surface area contributed by atoms with Gasteiger partial charge in [-0.25, -0.2) is 9.37 Å². The van der Waals surface area contributed by atoms with Gasteiger partial charge in [-0.15, -0.1) is 0 Å². The average molecular weight is 427 g/mol. The normalized spacial score (nSPS) is 10.8. The number of nitrogens with zero attached hydrogens (tertiary/aromatic N) is 2. The van der Waals surface area contributed by atoms with E-state index in [1.54, 1.807) is 23.1 Å². The van der Waals surface area contributed by atoms with Crippen LogP contribution in [0.2, 0.25) is 5.02 Å². The van der Waals surface area contributed by atoms with Crippen LogP contribution in [0.4, 0.5) is 9.52 Å². The zero-order chi connectivity index (χ0) is 20.2. The third kappa shape index (κ3) is 4.55. The first-order valence-corrected chi connectivity index (χ1v) is 10.1. The number of carbonyl (C=O) groups excluding carboxylic acids is 1. The predicted molar refractivity (Wildman–Crippen MR) is 114 cm³/mol. The minimum absolute atomic E-state index is 0.0385. The summed E-state index contributed by atoms with van der Waals surface area (Å²) in [7, 11) is 0. The summed E-state index contributed by atoms with van der Waals surface area (Å²) in [5, 5.41) is 1.14. The molecule has 0 bridgehead atoms. The zero-order valence-electron chi connectivity index (χ0n) is 15.2. The monoisotopic (exact) mass is 426 g/mol. The molecule has 0 N–H and O–H groups in total. The number of amides is 1. The Balaban J connectivity index is 1.61. The SMILES string of the molecule is O=C(COc1ccccc1F)N(Cc1ccccc1)c1nc2ccc(Cl)cc2s1. The summed E-state index contributed by atoms with van der Waals surface area (Å²) in [4.78, 5) is 19.1. The lowest BCUT2D eigenvalue weighted by Crippen LogP contribution is -2.34. The van der Waals surface area contributed by atoms with Crippen molar-refractivity contribution in [1.29, 1.82) is 0 Å². The molecule has 0 unspecified atom stereocenters. The van der Waals surface area contributed by atoms with Crippen LogP contribution < -0.4 is 9.64 Å². The molecule has 0 aliphatic rings. The molecule has 7 heteroatoms. The molecule has 4 aromatic rings. The molecule has 0 aliphatic carbocycles. The number of para-hydroxylation sites is 1. The smallest absolute Gasteiger partial charge is 0.267 e. The Labute approximate surface area is 176 Å². The highest BCUT2D eigenvalue weighted by molar-refractivity contribution is 7.22. The van der Waals surface area contributed by atoms with Crippen LogP contribution >= 0.6 is 22.9 Å². The molecule has 1 amide bonds. The number of anilines is 1. The van der Waals surface area contributed by atoms with Gasteiger partial charge in [0.05, 0.1) is 16.8 Å². The molecule has 3 aromatic carbocycles. The Kier molecular flexibility index (Phi) is 5.74. The summed E-state index contributed by atoms with van der Waals surface area (Å²) >= 11 is 7.45. The van der Waals surface area contributed by atoms with Crippen molar-refractivity contribution in [2.24, 2.45) is 0 Å². The van der Waals surface area contributed by atoms with E-state index in [2.05, 4.69) is 4.98 Å². The van der Waals surface area contributed by atoms with E-state index in [0.717, 1.165) is 15.8 Å². The summed E-state index contributed by atoms with van der Waals surface area (Å²) in [6.07, 6.45) is 0. The number of ether oxygens (including phenoxy) is 1. The third-order valence-electron chi connectivity index (χ3n) is 4.24. The Morgan fingerprint density at radius 1 is 1.07 bits per heavy atom. The molecule has 1 heterocycles. The second-order valence-corrected chi connectivity index (χ2v) is 7.74. The quantitative estimate of drug-likeness (QED) is 0.397. The maximum Gasteiger partial charge on any atom is 0.267 e. The summed E-state index contributed by atoms with van der Waals surface area (Å²) < 4.78 is 20.1. The lowest BCUT2D eigenvalue weighted by Gasteiger charge is -2.20. The molecule has 29 heavy (non-hydrogen) atoms. The van der Waals surface area contributed by atoms with Gasteiger partial charge < -0.3 is 4.74 Å². The van der Waals surface area contributed by atoms with Crippen molar-refractivity contribution in [3.8, 4) is 5.75 Å². The molecule has 146 valence electrons. The van der Waals surface area contributed by atoms with Gasteiger partial charge in [-0.3, -0.25) is 9.69 Å². The van der Waals surface area contributed by atoms with Crippen LogP contribution in [0.25, 0.3) is 10.2 Å². The van der Waals surface area contributed by atoms with Crippen molar-refractivity contribution in [3.05, 3.63) is 89.2 Å². The Hall–Kier alpha value is -2.96. The van der Waals surface area contributed by atoms with Gasteiger partial charge in [0.2, 0.25) is 0 Å². The lowest BCUT2D eigenvalue weighted by atomic mass is 10.2. The van der Waals surface area contributed by atoms with Crippen molar-refractivity contribution in [2.45, 2.75) is 6.54 Å². The molecular weight excluding hydrogens is 411 g/mol. The van der Waals surface area contributed by atoms with E-state index in [0.29, 0.717) is 16.7 Å². The summed E-state index contributed by atoms with van der Waals surface area (Å²) in [6, 6.07) is 21.0. The van der Waals surface area contributed by atoms with Crippen LogP contribution in [0, 0.1) is 5.82 Å². The topological polar surface area (TPSA) is 42.4 Å². The van der Waals surface area contributed by atoms with E-state index in [9.17, 15) is 9.18 Å². The number of benzene rings is 3. The average Bonchev–Trinajstić information content (AvgIpc) is 3.14. The summed E-state index contributed by atoms with van der Waals surface area (Å²) in [5.74, 6) is -0.789. The first-order chi connectivity index (χ1) is 14.1. The van der Waals surface area contributed by atoms with Crippen molar-refractivity contribution in [2.75, 3.05) is 11.5 Å². The number of aromatic nitrogens is 1. The van der Waals surface area contributed by atoms with E-state index >= 15 is 0 Å². The van der Waals surface area contributed by atoms with E-state index in [1.165, 1.54) is 23.5 Å². The van der Waals surface area contributed by atoms with E-state index in [4.69, 9.17) is 16.3 Å². The predicted octanol–water partition coefficient (Wildman–Crippen LogP) is 5.70. The van der Waals surface area contributed by atoms with Crippen LogP contribution in [0.3, 0.4) is 0 Å². The van der Waals surface area contributed by atoms with Gasteiger partial charge in [-0.05, 0) is 35.9 Å². The highest BCUT2D eigenvalue weighted by Gasteiger charge is 2.21. The maximum absolute atomic E-state index is 13.8. The third-order valence-corrected chi connectivity index (χ3v) is 5.52. The molecule has 0 radical (unpaired) electrons. The van der Waals surface area contributed by atoms with E-state index in [-0.39, 0.29) is 18.3 Å². The van der Waals surface area contributed by atoms with Crippen molar-refractivity contribution in [1.82, 2.24) is 4.98 Å². The number of hydrogen-bond donors (Lipinski definition) is 0. The van der Waals surface area contributed by atoms with E-state index < -0.39 is 5.82 Å². The van der Waals surface area contributed by atoms with Gasteiger partial charge in [-0.1, -0.05) is 65.4 Å². The number of hydrogen-bond acceptors (Lipinski definition) is 4. The first-order valence-electron chi connectivity index (χ1n) is 8.88. The van der Waals surface area contributed by atoms with Gasteiger partial charge in [0.25, 0.3) is 5.91 Å². The van der Waals surface area contributed by atoms with Gasteiger partial charge >= 0.3 is 0 Å². The largest absolute Gasteiger partial charge is 0.481 e. The summed E-state index contributed by atoms with van der Waals surface area (Å²) in [6.45, 7) is 0.0261. The number of halogens is 2. The van der Waals surface area contributed by atoms with Gasteiger partial charge in [0, 0.05) is 5.02 Å². The van der Waals surface area contributed by atoms with Crippen LogP contribution in [0.1, 0.15) is 5.56 Å². The maximum atomic E-state index is 13.8. The molecule has 4 rings (SSSR count). The molecule has 1 aromatic heterocycles. The Bertz CT molecular complexity index is 1150. The molecule has 0 saturated carbocycles. The van der Waals surface area contributed by atoms with Crippen LogP contribution in [-0.2, 0) is 11.3 Å². The number of fused-ring (bicyclic) bond motifs is 1. The summed E-state index contributed by atoms with van der Waals surface area (Å²) in [5.41, 5.74) is 1.71. The second kappa shape index (κ2) is 8.59. The number of rotatable bonds is 6. The number of carbonyl (C=O) groups is 1. The van der Waals surface area contributed by atoms with Crippen LogP contribution in [0.5, 0.6) is 5.75 Å². The van der Waals surface area contributed by atoms with E-state index in [1.807, 2.05) is 42.5 Å². The van der Waals surface area contributed by atoms with Crippen LogP contribution in [-0.4, -0.2) is 17.5 Å². The molecule has 0 aliphatic heterocycles. The second-order valence-electron chi connectivity index (χ2n) is 6.29. The van der Waals surface area contributed by atoms with Crippen molar-refractivity contribution < 1.29 is 13.9 Å². The molecular formula is C22H16ClFN2O2S. The minimum Gasteiger partial charge on any atom is -0.481 e.